The molecular formula is C22H25NO3. The van der Waals surface area contributed by atoms with Crippen LogP contribution in [0.5, 0.6) is 0 Å². The first-order valence-corrected chi connectivity index (χ1v) is 9.42. The normalized spacial score (nSPS) is 21.8. The van der Waals surface area contributed by atoms with Crippen molar-refractivity contribution in [2.45, 2.75) is 43.7 Å². The number of rotatable bonds is 3. The van der Waals surface area contributed by atoms with Gasteiger partial charge >= 0.3 is 6.09 Å². The molecule has 2 unspecified atom stereocenters. The van der Waals surface area contributed by atoms with Crippen LogP contribution in [0.3, 0.4) is 0 Å². The summed E-state index contributed by atoms with van der Waals surface area (Å²) in [5.41, 5.74) is 4.86. The molecule has 26 heavy (non-hydrogen) atoms. The van der Waals surface area contributed by atoms with Crippen molar-refractivity contribution in [3.63, 3.8) is 0 Å². The number of aliphatic hydroxyl groups is 1. The van der Waals surface area contributed by atoms with Crippen molar-refractivity contribution in [1.29, 1.82) is 0 Å². The maximum Gasteiger partial charge on any atom is 0.409 e. The van der Waals surface area contributed by atoms with Gasteiger partial charge in [0, 0.05) is 13.0 Å². The van der Waals surface area contributed by atoms with E-state index in [1.54, 1.807) is 11.9 Å². The van der Waals surface area contributed by atoms with Crippen molar-refractivity contribution >= 4 is 6.09 Å². The van der Waals surface area contributed by atoms with Crippen molar-refractivity contribution in [3.05, 3.63) is 59.7 Å². The summed E-state index contributed by atoms with van der Waals surface area (Å²) in [5.74, 6) is 0.0658. The molecule has 4 rings (SSSR count). The van der Waals surface area contributed by atoms with Crippen LogP contribution < -0.4 is 0 Å². The van der Waals surface area contributed by atoms with Gasteiger partial charge in [0.15, 0.2) is 0 Å². The van der Waals surface area contributed by atoms with E-state index < -0.39 is 6.10 Å². The third-order valence-electron chi connectivity index (χ3n) is 5.82. The molecule has 2 aromatic rings. The first-order valence-electron chi connectivity index (χ1n) is 9.42. The third kappa shape index (κ3) is 2.99. The number of hydrogen-bond acceptors (Lipinski definition) is 3. The van der Waals surface area contributed by atoms with E-state index in [0.717, 1.165) is 25.7 Å². The van der Waals surface area contributed by atoms with E-state index in [-0.39, 0.29) is 18.1 Å². The Labute approximate surface area is 154 Å². The molecule has 0 radical (unpaired) electrons. The number of benzene rings is 2. The number of carbonyl (C=O) groups excluding carboxylic acids is 1. The first kappa shape index (κ1) is 17.1. The SMILES string of the molecule is CN(C(=O)OCC1c2ccccc2-c2ccccc21)C1CCCCC1O. The molecule has 4 heteroatoms. The van der Waals surface area contributed by atoms with Gasteiger partial charge in [-0.2, -0.15) is 0 Å². The van der Waals surface area contributed by atoms with Crippen LogP contribution in [0.4, 0.5) is 4.79 Å². The second kappa shape index (κ2) is 7.12. The highest BCUT2D eigenvalue weighted by molar-refractivity contribution is 5.79. The number of hydrogen-bond donors (Lipinski definition) is 1. The van der Waals surface area contributed by atoms with Crippen LogP contribution in [0.15, 0.2) is 48.5 Å². The average Bonchev–Trinajstić information content (AvgIpc) is 3.00. The highest BCUT2D eigenvalue weighted by Crippen LogP contribution is 2.44. The van der Waals surface area contributed by atoms with Gasteiger partial charge in [-0.1, -0.05) is 61.4 Å². The summed E-state index contributed by atoms with van der Waals surface area (Å²) in [7, 11) is 1.73. The van der Waals surface area contributed by atoms with E-state index in [9.17, 15) is 9.90 Å². The van der Waals surface area contributed by atoms with Gasteiger partial charge in [-0.15, -0.1) is 0 Å². The minimum atomic E-state index is -0.450. The Morgan fingerprint density at radius 1 is 1.04 bits per heavy atom. The van der Waals surface area contributed by atoms with Crippen molar-refractivity contribution in [2.75, 3.05) is 13.7 Å². The number of likely N-dealkylation sites (N-methyl/N-ethyl adjacent to an activating group) is 1. The molecular weight excluding hydrogens is 326 g/mol. The molecule has 0 aliphatic heterocycles. The van der Waals surface area contributed by atoms with Crippen LogP contribution in [-0.2, 0) is 4.74 Å². The standard InChI is InChI=1S/C22H25NO3/c1-23(20-12-6-7-13-21(20)24)22(25)26-14-19-17-10-4-2-8-15(17)16-9-3-5-11-18(16)19/h2-5,8-11,19-21,24H,6-7,12-14H2,1H3. The molecule has 136 valence electrons. The van der Waals surface area contributed by atoms with Crippen molar-refractivity contribution in [2.24, 2.45) is 0 Å². The molecule has 1 fully saturated rings. The van der Waals surface area contributed by atoms with E-state index in [1.807, 2.05) is 24.3 Å². The lowest BCUT2D eigenvalue weighted by molar-refractivity contribution is 0.0227. The van der Waals surface area contributed by atoms with Crippen molar-refractivity contribution in [3.8, 4) is 11.1 Å². The fourth-order valence-electron chi connectivity index (χ4n) is 4.37. The van der Waals surface area contributed by atoms with Gasteiger partial charge in [-0.05, 0) is 35.1 Å². The summed E-state index contributed by atoms with van der Waals surface area (Å²) < 4.78 is 5.68. The largest absolute Gasteiger partial charge is 0.448 e. The van der Waals surface area contributed by atoms with Crippen LogP contribution >= 0.6 is 0 Å². The molecule has 2 aromatic carbocycles. The molecule has 0 saturated heterocycles. The zero-order chi connectivity index (χ0) is 18.1. The average molecular weight is 351 g/mol. The lowest BCUT2D eigenvalue weighted by Gasteiger charge is -2.34. The highest BCUT2D eigenvalue weighted by atomic mass is 16.6. The number of nitrogens with zero attached hydrogens (tertiary/aromatic N) is 1. The van der Waals surface area contributed by atoms with E-state index in [1.165, 1.54) is 22.3 Å². The first-order chi connectivity index (χ1) is 12.7. The Morgan fingerprint density at radius 2 is 1.62 bits per heavy atom. The van der Waals surface area contributed by atoms with Gasteiger partial charge in [0.25, 0.3) is 0 Å². The molecule has 2 aliphatic carbocycles. The van der Waals surface area contributed by atoms with Crippen LogP contribution in [0.1, 0.15) is 42.7 Å². The second-order valence-electron chi connectivity index (χ2n) is 7.33. The Balaban J connectivity index is 1.48. The molecule has 0 spiro atoms. The minimum absolute atomic E-state index is 0.0658. The van der Waals surface area contributed by atoms with Gasteiger partial charge in [0.1, 0.15) is 6.61 Å². The van der Waals surface area contributed by atoms with E-state index in [2.05, 4.69) is 24.3 Å². The monoisotopic (exact) mass is 351 g/mol. The van der Waals surface area contributed by atoms with Gasteiger partial charge < -0.3 is 14.7 Å². The maximum absolute atomic E-state index is 12.6. The van der Waals surface area contributed by atoms with Crippen LogP contribution in [0.25, 0.3) is 11.1 Å². The zero-order valence-corrected chi connectivity index (χ0v) is 15.1. The Hall–Kier alpha value is -2.33. The van der Waals surface area contributed by atoms with Crippen molar-refractivity contribution < 1.29 is 14.6 Å². The molecule has 0 bridgehead atoms. The minimum Gasteiger partial charge on any atom is -0.448 e. The van der Waals surface area contributed by atoms with Gasteiger partial charge in [0.2, 0.25) is 0 Å². The summed E-state index contributed by atoms with van der Waals surface area (Å²) in [5, 5.41) is 10.2. The smallest absolute Gasteiger partial charge is 0.409 e. The Morgan fingerprint density at radius 3 is 2.23 bits per heavy atom. The molecule has 1 amide bonds. The fourth-order valence-corrected chi connectivity index (χ4v) is 4.37. The van der Waals surface area contributed by atoms with Crippen LogP contribution in [0, 0.1) is 0 Å². The van der Waals surface area contributed by atoms with E-state index in [4.69, 9.17) is 4.74 Å². The predicted octanol–water partition coefficient (Wildman–Crippen LogP) is 4.17. The number of carbonyl (C=O) groups is 1. The van der Waals surface area contributed by atoms with Crippen molar-refractivity contribution in [1.82, 2.24) is 4.90 Å². The van der Waals surface area contributed by atoms with Gasteiger partial charge in [0.05, 0.1) is 12.1 Å². The lowest BCUT2D eigenvalue weighted by atomic mass is 9.92. The zero-order valence-electron chi connectivity index (χ0n) is 15.1. The van der Waals surface area contributed by atoms with Gasteiger partial charge in [-0.25, -0.2) is 4.79 Å². The van der Waals surface area contributed by atoms with E-state index in [0.29, 0.717) is 6.61 Å². The van der Waals surface area contributed by atoms with Crippen LogP contribution in [-0.4, -0.2) is 41.9 Å². The molecule has 2 atom stereocenters. The summed E-state index contributed by atoms with van der Waals surface area (Å²) in [6.45, 7) is 0.319. The molecule has 1 N–H and O–H groups in total. The number of fused-ring (bicyclic) bond motifs is 3. The number of aliphatic hydroxyl groups excluding tert-OH is 1. The highest BCUT2D eigenvalue weighted by Gasteiger charge is 2.32. The fraction of sp³-hybridized carbons (Fsp3) is 0.409. The summed E-state index contributed by atoms with van der Waals surface area (Å²) in [4.78, 5) is 14.1. The summed E-state index contributed by atoms with van der Waals surface area (Å²) >= 11 is 0. The Bertz CT molecular complexity index is 758. The van der Waals surface area contributed by atoms with E-state index >= 15 is 0 Å². The molecule has 0 heterocycles. The quantitative estimate of drug-likeness (QED) is 0.903. The third-order valence-corrected chi connectivity index (χ3v) is 5.82. The summed E-state index contributed by atoms with van der Waals surface area (Å²) in [6.07, 6.45) is 2.86. The maximum atomic E-state index is 12.6. The molecule has 4 nitrogen and oxygen atoms in total. The molecule has 1 saturated carbocycles. The number of ether oxygens (including phenoxy) is 1. The topological polar surface area (TPSA) is 49.8 Å². The second-order valence-corrected chi connectivity index (χ2v) is 7.33. The molecule has 0 aromatic heterocycles. The number of amides is 1. The van der Waals surface area contributed by atoms with Gasteiger partial charge in [-0.3, -0.25) is 0 Å². The Kier molecular flexibility index (Phi) is 4.68. The summed E-state index contributed by atoms with van der Waals surface area (Å²) in [6, 6.07) is 16.5. The predicted molar refractivity (Wildman–Crippen MR) is 101 cm³/mol. The lowest BCUT2D eigenvalue weighted by Crippen LogP contribution is -2.46. The van der Waals surface area contributed by atoms with Crippen LogP contribution in [0.2, 0.25) is 0 Å². The molecule has 2 aliphatic rings.